The fourth-order valence-electron chi connectivity index (χ4n) is 3.17. The normalized spacial score (nSPS) is 15.2. The van der Waals surface area contributed by atoms with Crippen LogP contribution in [0.1, 0.15) is 36.1 Å². The Kier molecular flexibility index (Phi) is 5.72. The number of nitrogens with one attached hydrogen (secondary N) is 1. The standard InChI is InChI=1S/C18H21F3N4O3S/c1-3-17(26)22-10-16-23-14-7-8-25(11-15(14)24(16)2)29(27,28)13-6-4-5-12(9-13)18(19,20)21/h4-6,9H,3,7-8,10-11H2,1-2H3,(H,22,26). The second-order valence-corrected chi connectivity index (χ2v) is 8.66. The number of fused-ring (bicyclic) bond motifs is 1. The van der Waals surface area contributed by atoms with Gasteiger partial charge in [-0.1, -0.05) is 13.0 Å². The molecular formula is C18H21F3N4O3S. The molecule has 0 radical (unpaired) electrons. The highest BCUT2D eigenvalue weighted by molar-refractivity contribution is 7.89. The van der Waals surface area contributed by atoms with Crippen LogP contribution in [0.2, 0.25) is 0 Å². The van der Waals surface area contributed by atoms with Crippen molar-refractivity contribution in [2.45, 2.75) is 43.9 Å². The van der Waals surface area contributed by atoms with Crippen molar-refractivity contribution < 1.29 is 26.4 Å². The highest BCUT2D eigenvalue weighted by atomic mass is 32.2. The van der Waals surface area contributed by atoms with Gasteiger partial charge in [0, 0.05) is 26.4 Å². The molecule has 11 heteroatoms. The molecule has 1 aliphatic heterocycles. The zero-order chi connectivity index (χ0) is 21.4. The minimum absolute atomic E-state index is 0.000857. The lowest BCUT2D eigenvalue weighted by Gasteiger charge is -2.26. The van der Waals surface area contributed by atoms with Crippen molar-refractivity contribution in [2.24, 2.45) is 7.05 Å². The van der Waals surface area contributed by atoms with E-state index in [0.29, 0.717) is 30.4 Å². The minimum atomic E-state index is -4.62. The molecule has 1 aromatic carbocycles. The molecule has 0 aliphatic carbocycles. The van der Waals surface area contributed by atoms with E-state index in [9.17, 15) is 26.4 Å². The molecule has 1 aromatic heterocycles. The Labute approximate surface area is 166 Å². The van der Waals surface area contributed by atoms with E-state index in [-0.39, 0.29) is 25.5 Å². The molecule has 7 nitrogen and oxygen atoms in total. The molecule has 0 spiro atoms. The van der Waals surface area contributed by atoms with E-state index in [1.807, 2.05) is 0 Å². The smallest absolute Gasteiger partial charge is 0.349 e. The Bertz CT molecular complexity index is 1030. The van der Waals surface area contributed by atoms with Gasteiger partial charge in [-0.2, -0.15) is 17.5 Å². The number of sulfonamides is 1. The lowest BCUT2D eigenvalue weighted by molar-refractivity contribution is -0.137. The van der Waals surface area contributed by atoms with Gasteiger partial charge in [0.15, 0.2) is 0 Å². The third kappa shape index (κ3) is 4.30. The third-order valence-electron chi connectivity index (χ3n) is 4.88. The van der Waals surface area contributed by atoms with Crippen LogP contribution in [0, 0.1) is 0 Å². The van der Waals surface area contributed by atoms with Crippen LogP contribution in [0.5, 0.6) is 0 Å². The Balaban J connectivity index is 1.85. The summed E-state index contributed by atoms with van der Waals surface area (Å²) in [5.74, 6) is 0.467. The predicted molar refractivity (Wildman–Crippen MR) is 98.1 cm³/mol. The molecule has 158 valence electrons. The van der Waals surface area contributed by atoms with E-state index >= 15 is 0 Å². The van der Waals surface area contributed by atoms with E-state index in [4.69, 9.17) is 0 Å². The van der Waals surface area contributed by atoms with Gasteiger partial charge in [0.1, 0.15) is 5.82 Å². The predicted octanol–water partition coefficient (Wildman–Crippen LogP) is 2.21. The lowest BCUT2D eigenvalue weighted by atomic mass is 10.2. The number of imidazole rings is 1. The molecule has 2 heterocycles. The summed E-state index contributed by atoms with van der Waals surface area (Å²) >= 11 is 0. The van der Waals surface area contributed by atoms with Crippen molar-refractivity contribution in [2.75, 3.05) is 6.54 Å². The number of rotatable bonds is 5. The molecule has 0 fully saturated rings. The lowest BCUT2D eigenvalue weighted by Crippen LogP contribution is -2.36. The van der Waals surface area contributed by atoms with Crippen LogP contribution in [0.25, 0.3) is 0 Å². The molecule has 0 atom stereocenters. The molecule has 3 rings (SSSR count). The van der Waals surface area contributed by atoms with Gasteiger partial charge in [-0.05, 0) is 18.2 Å². The van der Waals surface area contributed by atoms with Crippen molar-refractivity contribution in [1.29, 1.82) is 0 Å². The SMILES string of the molecule is CCC(=O)NCc1nc2c(n1C)CN(S(=O)(=O)c1cccc(C(F)(F)F)c1)CC2. The molecule has 29 heavy (non-hydrogen) atoms. The van der Waals surface area contributed by atoms with E-state index in [0.717, 1.165) is 28.2 Å². The Morgan fingerprint density at radius 2 is 2.03 bits per heavy atom. The minimum Gasteiger partial charge on any atom is -0.349 e. The fraction of sp³-hybridized carbons (Fsp3) is 0.444. The first-order valence-electron chi connectivity index (χ1n) is 9.01. The summed E-state index contributed by atoms with van der Waals surface area (Å²) in [4.78, 5) is 15.5. The van der Waals surface area contributed by atoms with Gasteiger partial charge in [-0.25, -0.2) is 13.4 Å². The maximum Gasteiger partial charge on any atom is 0.416 e. The third-order valence-corrected chi connectivity index (χ3v) is 6.72. The second kappa shape index (κ2) is 7.79. The van der Waals surface area contributed by atoms with Gasteiger partial charge in [0.05, 0.1) is 34.9 Å². The highest BCUT2D eigenvalue weighted by Gasteiger charge is 2.35. The topological polar surface area (TPSA) is 84.3 Å². The first-order valence-corrected chi connectivity index (χ1v) is 10.5. The first kappa shape index (κ1) is 21.3. The van der Waals surface area contributed by atoms with Gasteiger partial charge in [-0.3, -0.25) is 4.79 Å². The van der Waals surface area contributed by atoms with Crippen molar-refractivity contribution in [3.8, 4) is 0 Å². The van der Waals surface area contributed by atoms with Crippen molar-refractivity contribution in [3.63, 3.8) is 0 Å². The highest BCUT2D eigenvalue weighted by Crippen LogP contribution is 2.32. The van der Waals surface area contributed by atoms with Crippen molar-refractivity contribution in [1.82, 2.24) is 19.2 Å². The number of halogens is 3. The number of benzene rings is 1. The summed E-state index contributed by atoms with van der Waals surface area (Å²) in [6.45, 7) is 2.06. The average molecular weight is 430 g/mol. The Morgan fingerprint density at radius 3 is 2.69 bits per heavy atom. The number of carbonyl (C=O) groups excluding carboxylic acids is 1. The Morgan fingerprint density at radius 1 is 1.31 bits per heavy atom. The van der Waals surface area contributed by atoms with Crippen LogP contribution in [0.4, 0.5) is 13.2 Å². The number of alkyl halides is 3. The maximum atomic E-state index is 13.0. The zero-order valence-electron chi connectivity index (χ0n) is 16.0. The number of hydrogen-bond donors (Lipinski definition) is 1. The van der Waals surface area contributed by atoms with Crippen LogP contribution >= 0.6 is 0 Å². The number of nitrogens with zero attached hydrogens (tertiary/aromatic N) is 3. The molecule has 1 aliphatic rings. The van der Waals surface area contributed by atoms with Gasteiger partial charge in [0.2, 0.25) is 15.9 Å². The maximum absolute atomic E-state index is 13.0. The van der Waals surface area contributed by atoms with Crippen LogP contribution in [-0.2, 0) is 47.6 Å². The molecule has 0 saturated heterocycles. The average Bonchev–Trinajstić information content (AvgIpc) is 3.00. The summed E-state index contributed by atoms with van der Waals surface area (Å²) in [5, 5.41) is 2.73. The van der Waals surface area contributed by atoms with Crippen molar-refractivity contribution in [3.05, 3.63) is 47.0 Å². The molecule has 1 N–H and O–H groups in total. The quantitative estimate of drug-likeness (QED) is 0.788. The molecule has 0 bridgehead atoms. The largest absolute Gasteiger partial charge is 0.416 e. The van der Waals surface area contributed by atoms with E-state index < -0.39 is 26.7 Å². The number of hydrogen-bond acceptors (Lipinski definition) is 4. The summed E-state index contributed by atoms with van der Waals surface area (Å²) in [7, 11) is -2.38. The van der Waals surface area contributed by atoms with E-state index in [2.05, 4.69) is 10.3 Å². The van der Waals surface area contributed by atoms with Crippen molar-refractivity contribution >= 4 is 15.9 Å². The van der Waals surface area contributed by atoms with Crippen LogP contribution in [0.15, 0.2) is 29.2 Å². The summed E-state index contributed by atoms with van der Waals surface area (Å²) < 4.78 is 67.6. The molecule has 1 amide bonds. The number of carbonyl (C=O) groups is 1. The second-order valence-electron chi connectivity index (χ2n) is 6.72. The van der Waals surface area contributed by atoms with E-state index in [1.54, 1.807) is 18.5 Å². The summed E-state index contributed by atoms with van der Waals surface area (Å²) in [5.41, 5.74) is 0.377. The molecular weight excluding hydrogens is 409 g/mol. The van der Waals surface area contributed by atoms with Gasteiger partial charge in [0.25, 0.3) is 0 Å². The van der Waals surface area contributed by atoms with Gasteiger partial charge < -0.3 is 9.88 Å². The number of amides is 1. The summed E-state index contributed by atoms with van der Waals surface area (Å²) in [6.07, 6.45) is -3.95. The Hall–Kier alpha value is -2.40. The zero-order valence-corrected chi connectivity index (χ0v) is 16.8. The van der Waals surface area contributed by atoms with Crippen LogP contribution in [-0.4, -0.2) is 34.7 Å². The fourth-order valence-corrected chi connectivity index (χ4v) is 4.62. The molecule has 0 saturated carbocycles. The molecule has 0 unspecified atom stereocenters. The van der Waals surface area contributed by atoms with E-state index in [1.165, 1.54) is 0 Å². The molecule has 2 aromatic rings. The van der Waals surface area contributed by atoms with Gasteiger partial charge >= 0.3 is 6.18 Å². The first-order chi connectivity index (χ1) is 13.5. The van der Waals surface area contributed by atoms with Gasteiger partial charge in [-0.15, -0.1) is 0 Å². The van der Waals surface area contributed by atoms with Crippen LogP contribution < -0.4 is 5.32 Å². The monoisotopic (exact) mass is 430 g/mol. The summed E-state index contributed by atoms with van der Waals surface area (Å²) in [6, 6.07) is 3.74. The van der Waals surface area contributed by atoms with Crippen LogP contribution in [0.3, 0.4) is 0 Å². The number of aromatic nitrogens is 2.